The van der Waals surface area contributed by atoms with Gasteiger partial charge in [0.05, 0.1) is 0 Å². The Bertz CT molecular complexity index is 802. The summed E-state index contributed by atoms with van der Waals surface area (Å²) < 4.78 is 2.76. The fraction of sp³-hybridized carbons (Fsp3) is 0.118. The van der Waals surface area contributed by atoms with Crippen LogP contribution >= 0.6 is 15.9 Å². The van der Waals surface area contributed by atoms with Gasteiger partial charge in [0, 0.05) is 35.5 Å². The molecule has 0 saturated carbocycles. The molecule has 24 heavy (non-hydrogen) atoms. The van der Waals surface area contributed by atoms with E-state index in [9.17, 15) is 4.79 Å². The zero-order valence-electron chi connectivity index (χ0n) is 12.8. The molecular weight excluding hydrogens is 370 g/mol. The van der Waals surface area contributed by atoms with Gasteiger partial charge in [0.2, 0.25) is 0 Å². The highest BCUT2D eigenvalue weighted by molar-refractivity contribution is 9.10. The van der Waals surface area contributed by atoms with E-state index in [2.05, 4.69) is 36.8 Å². The number of carbonyl (C=O) groups excluding carboxylic acids is 1. The predicted octanol–water partition coefficient (Wildman–Crippen LogP) is 2.87. The standard InChI is InChI=1S/C17H16BrN5O/c18-14-5-3-4-13(12-14)17(24)20-9-8-19-15-6-7-16(22-21-15)23-10-1-2-11-23/h1-7,10-12H,8-9H2,(H,19,21)(H,20,24). The van der Waals surface area contributed by atoms with Crippen molar-refractivity contribution in [1.82, 2.24) is 20.1 Å². The van der Waals surface area contributed by atoms with E-state index < -0.39 is 0 Å². The molecule has 0 aliphatic heterocycles. The summed E-state index contributed by atoms with van der Waals surface area (Å²) in [5.41, 5.74) is 0.625. The number of benzene rings is 1. The van der Waals surface area contributed by atoms with Gasteiger partial charge < -0.3 is 15.2 Å². The van der Waals surface area contributed by atoms with Crippen molar-refractivity contribution < 1.29 is 4.79 Å². The fourth-order valence-electron chi connectivity index (χ4n) is 2.14. The van der Waals surface area contributed by atoms with Gasteiger partial charge >= 0.3 is 0 Å². The lowest BCUT2D eigenvalue weighted by molar-refractivity contribution is 0.0955. The summed E-state index contributed by atoms with van der Waals surface area (Å²) in [6, 6.07) is 14.9. The Morgan fingerprint density at radius 3 is 2.58 bits per heavy atom. The maximum absolute atomic E-state index is 12.0. The first-order valence-electron chi connectivity index (χ1n) is 7.47. The van der Waals surface area contributed by atoms with E-state index in [1.54, 1.807) is 12.1 Å². The molecule has 0 atom stereocenters. The van der Waals surface area contributed by atoms with Crippen LogP contribution in [-0.2, 0) is 0 Å². The van der Waals surface area contributed by atoms with Crippen LogP contribution < -0.4 is 10.6 Å². The molecule has 0 aliphatic carbocycles. The Hall–Kier alpha value is -2.67. The lowest BCUT2D eigenvalue weighted by Gasteiger charge is -2.08. The fourth-order valence-corrected chi connectivity index (χ4v) is 2.54. The summed E-state index contributed by atoms with van der Waals surface area (Å²) in [6.07, 6.45) is 3.82. The second-order valence-corrected chi connectivity index (χ2v) is 5.98. The Labute approximate surface area is 148 Å². The molecule has 3 aromatic rings. The molecule has 0 aliphatic rings. The minimum atomic E-state index is -0.105. The van der Waals surface area contributed by atoms with E-state index in [0.29, 0.717) is 24.5 Å². The van der Waals surface area contributed by atoms with Gasteiger partial charge in [-0.15, -0.1) is 10.2 Å². The maximum Gasteiger partial charge on any atom is 0.251 e. The zero-order valence-corrected chi connectivity index (χ0v) is 14.4. The van der Waals surface area contributed by atoms with Crippen molar-refractivity contribution in [2.45, 2.75) is 0 Å². The van der Waals surface area contributed by atoms with Crippen LogP contribution in [0.4, 0.5) is 5.82 Å². The number of nitrogens with zero attached hydrogens (tertiary/aromatic N) is 3. The van der Waals surface area contributed by atoms with Crippen molar-refractivity contribution in [1.29, 1.82) is 0 Å². The minimum Gasteiger partial charge on any atom is -0.367 e. The highest BCUT2D eigenvalue weighted by Crippen LogP contribution is 2.11. The third-order valence-electron chi connectivity index (χ3n) is 3.32. The molecule has 0 fully saturated rings. The summed E-state index contributed by atoms with van der Waals surface area (Å²) >= 11 is 3.35. The molecule has 2 aromatic heterocycles. The van der Waals surface area contributed by atoms with E-state index in [-0.39, 0.29) is 5.91 Å². The Balaban J connectivity index is 1.46. The molecule has 0 spiro atoms. The zero-order chi connectivity index (χ0) is 16.8. The van der Waals surface area contributed by atoms with E-state index in [1.165, 1.54) is 0 Å². The first-order valence-corrected chi connectivity index (χ1v) is 8.26. The SMILES string of the molecule is O=C(NCCNc1ccc(-n2cccc2)nn1)c1cccc(Br)c1. The molecule has 3 rings (SSSR count). The van der Waals surface area contributed by atoms with Gasteiger partial charge in [-0.2, -0.15) is 0 Å². The van der Waals surface area contributed by atoms with E-state index >= 15 is 0 Å². The molecule has 122 valence electrons. The molecule has 0 bridgehead atoms. The smallest absolute Gasteiger partial charge is 0.251 e. The van der Waals surface area contributed by atoms with Crippen molar-refractivity contribution in [2.75, 3.05) is 18.4 Å². The van der Waals surface area contributed by atoms with Crippen molar-refractivity contribution in [3.63, 3.8) is 0 Å². The van der Waals surface area contributed by atoms with Gasteiger partial charge in [-0.1, -0.05) is 22.0 Å². The number of hydrogen-bond donors (Lipinski definition) is 2. The van der Waals surface area contributed by atoms with Gasteiger partial charge in [-0.05, 0) is 42.5 Å². The van der Waals surface area contributed by atoms with Crippen molar-refractivity contribution >= 4 is 27.7 Å². The molecule has 2 N–H and O–H groups in total. The van der Waals surface area contributed by atoms with Gasteiger partial charge in [-0.25, -0.2) is 0 Å². The second kappa shape index (κ2) is 7.74. The van der Waals surface area contributed by atoms with E-state index in [1.807, 2.05) is 53.4 Å². The quantitative estimate of drug-likeness (QED) is 0.639. The first-order chi connectivity index (χ1) is 11.7. The maximum atomic E-state index is 12.0. The van der Waals surface area contributed by atoms with Crippen LogP contribution in [0.5, 0.6) is 0 Å². The number of hydrogen-bond acceptors (Lipinski definition) is 4. The normalized spacial score (nSPS) is 10.4. The molecule has 6 nitrogen and oxygen atoms in total. The highest BCUT2D eigenvalue weighted by atomic mass is 79.9. The molecule has 0 unspecified atom stereocenters. The van der Waals surface area contributed by atoms with Crippen LogP contribution in [0, 0.1) is 0 Å². The molecular formula is C17H16BrN5O. The predicted molar refractivity (Wildman–Crippen MR) is 96.3 cm³/mol. The molecule has 7 heteroatoms. The summed E-state index contributed by atoms with van der Waals surface area (Å²) in [4.78, 5) is 12.0. The average molecular weight is 386 g/mol. The van der Waals surface area contributed by atoms with Crippen LogP contribution in [-0.4, -0.2) is 33.8 Å². The summed E-state index contributed by atoms with van der Waals surface area (Å²) in [5, 5.41) is 14.3. The average Bonchev–Trinajstić information content (AvgIpc) is 3.14. The number of halogens is 1. The van der Waals surface area contributed by atoms with Crippen molar-refractivity contribution in [3.05, 3.63) is 71.0 Å². The number of nitrogens with one attached hydrogen (secondary N) is 2. The van der Waals surface area contributed by atoms with Gasteiger partial charge in [-0.3, -0.25) is 4.79 Å². The van der Waals surface area contributed by atoms with Crippen LogP contribution in [0.3, 0.4) is 0 Å². The van der Waals surface area contributed by atoms with Crippen molar-refractivity contribution in [3.8, 4) is 5.82 Å². The Morgan fingerprint density at radius 1 is 1.04 bits per heavy atom. The first kappa shape index (κ1) is 16.2. The number of carbonyl (C=O) groups is 1. The van der Waals surface area contributed by atoms with E-state index in [0.717, 1.165) is 10.3 Å². The largest absolute Gasteiger partial charge is 0.367 e. The number of anilines is 1. The lowest BCUT2D eigenvalue weighted by Crippen LogP contribution is -2.28. The van der Waals surface area contributed by atoms with Crippen molar-refractivity contribution in [2.24, 2.45) is 0 Å². The van der Waals surface area contributed by atoms with E-state index in [4.69, 9.17) is 0 Å². The number of aromatic nitrogens is 3. The molecule has 0 saturated heterocycles. The molecule has 0 radical (unpaired) electrons. The second-order valence-electron chi connectivity index (χ2n) is 5.06. The van der Waals surface area contributed by atoms with Crippen LogP contribution in [0.1, 0.15) is 10.4 Å². The highest BCUT2D eigenvalue weighted by Gasteiger charge is 2.05. The number of amides is 1. The van der Waals surface area contributed by atoms with Crippen LogP contribution in [0.15, 0.2) is 65.4 Å². The Morgan fingerprint density at radius 2 is 1.88 bits per heavy atom. The third kappa shape index (κ3) is 4.20. The molecule has 2 heterocycles. The topological polar surface area (TPSA) is 71.8 Å². The number of rotatable bonds is 6. The Kier molecular flexibility index (Phi) is 5.22. The van der Waals surface area contributed by atoms with Gasteiger partial charge in [0.25, 0.3) is 5.91 Å². The molecule has 1 amide bonds. The molecule has 1 aromatic carbocycles. The summed E-state index contributed by atoms with van der Waals surface area (Å²) in [5.74, 6) is 1.32. The van der Waals surface area contributed by atoms with Gasteiger partial charge in [0.1, 0.15) is 5.82 Å². The lowest BCUT2D eigenvalue weighted by atomic mass is 10.2. The monoisotopic (exact) mass is 385 g/mol. The summed E-state index contributed by atoms with van der Waals surface area (Å²) in [6.45, 7) is 1.06. The van der Waals surface area contributed by atoms with Gasteiger partial charge in [0.15, 0.2) is 5.82 Å². The van der Waals surface area contributed by atoms with Crippen LogP contribution in [0.25, 0.3) is 5.82 Å². The third-order valence-corrected chi connectivity index (χ3v) is 3.82. The van der Waals surface area contributed by atoms with Crippen LogP contribution in [0.2, 0.25) is 0 Å². The minimum absolute atomic E-state index is 0.105. The summed E-state index contributed by atoms with van der Waals surface area (Å²) in [7, 11) is 0.